The van der Waals surface area contributed by atoms with Crippen LogP contribution in [0.15, 0.2) is 15.8 Å². The lowest BCUT2D eigenvalue weighted by molar-refractivity contribution is 0.0964. The fraction of sp³-hybridized carbons (Fsp3) is 0.636. The molecule has 0 aliphatic heterocycles. The highest BCUT2D eigenvalue weighted by molar-refractivity contribution is 9.10. The first-order chi connectivity index (χ1) is 9.19. The molecule has 8 heteroatoms. The molecule has 1 rings (SSSR count). The first-order valence-corrected chi connectivity index (χ1v) is 6.74. The average Bonchev–Trinajstić information content (AvgIpc) is 2.76. The summed E-state index contributed by atoms with van der Waals surface area (Å²) in [6.07, 6.45) is 2.10. The maximum Gasteiger partial charge on any atom is 0.180 e. The first-order valence-electron chi connectivity index (χ1n) is 5.95. The number of unbranched alkanes of at least 4 members (excludes halogenated alkanes) is 1. The normalized spacial score (nSPS) is 10.2. The molecule has 0 aromatic carbocycles. The molecule has 0 amide bonds. The van der Waals surface area contributed by atoms with Crippen LogP contribution in [-0.4, -0.2) is 35.8 Å². The Morgan fingerprint density at radius 1 is 1.63 bits per heavy atom. The van der Waals surface area contributed by atoms with Gasteiger partial charge in [0, 0.05) is 44.2 Å². The standard InChI is InChI=1S/C11H16BrN5O2/c1-19-7-3-2-4-10(18)9-8-11(12)15-17(9)6-5-14-16-13/h8H,2-7H2,1H3. The number of nitrogens with zero attached hydrogens (tertiary/aromatic N) is 5. The van der Waals surface area contributed by atoms with Crippen molar-refractivity contribution in [1.29, 1.82) is 0 Å². The fourth-order valence-electron chi connectivity index (χ4n) is 1.62. The third kappa shape index (κ3) is 5.42. The Labute approximate surface area is 119 Å². The third-order valence-electron chi connectivity index (χ3n) is 2.51. The smallest absolute Gasteiger partial charge is 0.180 e. The molecular weight excluding hydrogens is 314 g/mol. The molecule has 0 bridgehead atoms. The molecule has 0 atom stereocenters. The molecule has 1 aromatic rings. The zero-order valence-corrected chi connectivity index (χ0v) is 12.3. The van der Waals surface area contributed by atoms with Crippen LogP contribution in [0.4, 0.5) is 0 Å². The van der Waals surface area contributed by atoms with Crippen LogP contribution in [0.25, 0.3) is 10.4 Å². The van der Waals surface area contributed by atoms with Crippen molar-refractivity contribution in [3.05, 3.63) is 26.8 Å². The molecular formula is C11H16BrN5O2. The van der Waals surface area contributed by atoms with Crippen molar-refractivity contribution in [2.45, 2.75) is 25.8 Å². The number of hydrogen-bond donors (Lipinski definition) is 0. The SMILES string of the molecule is COCCCCC(=O)c1cc(Br)nn1CCN=[N+]=[N-]. The maximum absolute atomic E-state index is 12.0. The number of rotatable bonds is 9. The van der Waals surface area contributed by atoms with Crippen LogP contribution < -0.4 is 0 Å². The van der Waals surface area contributed by atoms with Crippen LogP contribution >= 0.6 is 15.9 Å². The fourth-order valence-corrected chi connectivity index (χ4v) is 2.03. The van der Waals surface area contributed by atoms with E-state index < -0.39 is 0 Å². The van der Waals surface area contributed by atoms with Gasteiger partial charge in [0.15, 0.2) is 5.78 Å². The summed E-state index contributed by atoms with van der Waals surface area (Å²) in [5, 5.41) is 7.59. The molecule has 104 valence electrons. The predicted molar refractivity (Wildman–Crippen MR) is 74.0 cm³/mol. The number of carbonyl (C=O) groups is 1. The lowest BCUT2D eigenvalue weighted by Gasteiger charge is -2.04. The Balaban J connectivity index is 2.59. The van der Waals surface area contributed by atoms with Crippen LogP contribution in [0, 0.1) is 0 Å². The van der Waals surface area contributed by atoms with E-state index in [4.69, 9.17) is 10.3 Å². The number of hydrogen-bond acceptors (Lipinski definition) is 4. The highest BCUT2D eigenvalue weighted by Crippen LogP contribution is 2.14. The van der Waals surface area contributed by atoms with Crippen LogP contribution in [0.1, 0.15) is 29.8 Å². The van der Waals surface area contributed by atoms with Crippen molar-refractivity contribution in [3.8, 4) is 0 Å². The molecule has 0 fully saturated rings. The van der Waals surface area contributed by atoms with E-state index in [-0.39, 0.29) is 12.3 Å². The molecule has 0 aliphatic rings. The summed E-state index contributed by atoms with van der Waals surface area (Å²) in [6, 6.07) is 1.69. The van der Waals surface area contributed by atoms with Gasteiger partial charge >= 0.3 is 0 Å². The van der Waals surface area contributed by atoms with Crippen molar-refractivity contribution in [3.63, 3.8) is 0 Å². The molecule has 1 heterocycles. The second-order valence-corrected chi connectivity index (χ2v) is 4.72. The minimum Gasteiger partial charge on any atom is -0.385 e. The van der Waals surface area contributed by atoms with E-state index >= 15 is 0 Å². The average molecular weight is 330 g/mol. The van der Waals surface area contributed by atoms with Crippen molar-refractivity contribution in [2.75, 3.05) is 20.3 Å². The molecule has 19 heavy (non-hydrogen) atoms. The van der Waals surface area contributed by atoms with Gasteiger partial charge in [0.25, 0.3) is 0 Å². The van der Waals surface area contributed by atoms with E-state index in [9.17, 15) is 4.79 Å². The number of Topliss-reactive ketones (excluding diaryl/α,β-unsaturated/α-hetero) is 1. The summed E-state index contributed by atoms with van der Waals surface area (Å²) in [5.74, 6) is 0.0373. The highest BCUT2D eigenvalue weighted by atomic mass is 79.9. The van der Waals surface area contributed by atoms with Gasteiger partial charge in [0.1, 0.15) is 10.3 Å². The summed E-state index contributed by atoms with van der Waals surface area (Å²) in [6.45, 7) is 1.33. The molecule has 0 N–H and O–H groups in total. The first kappa shape index (κ1) is 15.7. The monoisotopic (exact) mass is 329 g/mol. The molecule has 0 saturated heterocycles. The summed E-state index contributed by atoms with van der Waals surface area (Å²) < 4.78 is 7.11. The van der Waals surface area contributed by atoms with Crippen LogP contribution in [0.5, 0.6) is 0 Å². The molecule has 7 nitrogen and oxygen atoms in total. The van der Waals surface area contributed by atoms with Gasteiger partial charge in [-0.3, -0.25) is 9.48 Å². The lowest BCUT2D eigenvalue weighted by atomic mass is 10.1. The van der Waals surface area contributed by atoms with Crippen molar-refractivity contribution in [1.82, 2.24) is 9.78 Å². The van der Waals surface area contributed by atoms with E-state index in [1.807, 2.05) is 0 Å². The topological polar surface area (TPSA) is 92.9 Å². The van der Waals surface area contributed by atoms with Gasteiger partial charge in [-0.2, -0.15) is 5.10 Å². The van der Waals surface area contributed by atoms with Gasteiger partial charge in [0.05, 0.1) is 0 Å². The largest absolute Gasteiger partial charge is 0.385 e. The summed E-state index contributed by atoms with van der Waals surface area (Å²) in [4.78, 5) is 14.7. The molecule has 0 spiro atoms. The van der Waals surface area contributed by atoms with Gasteiger partial charge < -0.3 is 4.74 Å². The molecule has 0 unspecified atom stereocenters. The van der Waals surface area contributed by atoms with Crippen LogP contribution in [0.2, 0.25) is 0 Å². The summed E-state index contributed by atoms with van der Waals surface area (Å²) >= 11 is 3.25. The van der Waals surface area contributed by atoms with Crippen molar-refractivity contribution in [2.24, 2.45) is 5.11 Å². The predicted octanol–water partition coefficient (Wildman–Crippen LogP) is 2.96. The van der Waals surface area contributed by atoms with E-state index in [1.165, 1.54) is 0 Å². The summed E-state index contributed by atoms with van der Waals surface area (Å²) in [7, 11) is 1.64. The number of aromatic nitrogens is 2. The van der Waals surface area contributed by atoms with Crippen LogP contribution in [0.3, 0.4) is 0 Å². The van der Waals surface area contributed by atoms with E-state index in [0.717, 1.165) is 12.8 Å². The molecule has 0 radical (unpaired) electrons. The quantitative estimate of drug-likeness (QED) is 0.229. The zero-order chi connectivity index (χ0) is 14.1. The minimum absolute atomic E-state index is 0.0373. The Morgan fingerprint density at radius 3 is 3.11 bits per heavy atom. The number of ketones is 1. The molecule has 1 aromatic heterocycles. The zero-order valence-electron chi connectivity index (χ0n) is 10.8. The lowest BCUT2D eigenvalue weighted by Crippen LogP contribution is -2.12. The Kier molecular flexibility index (Phi) is 7.17. The van der Waals surface area contributed by atoms with E-state index in [0.29, 0.717) is 29.9 Å². The highest BCUT2D eigenvalue weighted by Gasteiger charge is 2.13. The minimum atomic E-state index is 0.0373. The van der Waals surface area contributed by atoms with Gasteiger partial charge in [0.2, 0.25) is 0 Å². The maximum atomic E-state index is 12.0. The van der Waals surface area contributed by atoms with Crippen molar-refractivity contribution < 1.29 is 9.53 Å². The number of azide groups is 1. The Morgan fingerprint density at radius 2 is 2.42 bits per heavy atom. The summed E-state index contributed by atoms with van der Waals surface area (Å²) in [5.41, 5.74) is 8.77. The third-order valence-corrected chi connectivity index (χ3v) is 2.90. The Hall–Kier alpha value is -1.37. The number of carbonyl (C=O) groups excluding carboxylic acids is 1. The second kappa shape index (κ2) is 8.68. The van der Waals surface area contributed by atoms with Gasteiger partial charge in [-0.1, -0.05) is 5.11 Å². The molecule has 0 aliphatic carbocycles. The number of ether oxygens (including phenoxy) is 1. The van der Waals surface area contributed by atoms with Gasteiger partial charge in [-0.15, -0.1) is 0 Å². The van der Waals surface area contributed by atoms with Gasteiger partial charge in [-0.05, 0) is 34.3 Å². The number of methoxy groups -OCH3 is 1. The molecule has 0 saturated carbocycles. The number of halogens is 1. The van der Waals surface area contributed by atoms with Crippen LogP contribution in [-0.2, 0) is 11.3 Å². The Bertz CT molecular complexity index is 468. The van der Waals surface area contributed by atoms with Crippen molar-refractivity contribution >= 4 is 21.7 Å². The second-order valence-electron chi connectivity index (χ2n) is 3.90. The van der Waals surface area contributed by atoms with E-state index in [1.54, 1.807) is 17.9 Å². The van der Waals surface area contributed by atoms with E-state index in [2.05, 4.69) is 31.1 Å². The van der Waals surface area contributed by atoms with Gasteiger partial charge in [-0.25, -0.2) is 0 Å².